The lowest BCUT2D eigenvalue weighted by Crippen LogP contribution is -2.33. The van der Waals surface area contributed by atoms with Gasteiger partial charge in [-0.15, -0.1) is 0 Å². The van der Waals surface area contributed by atoms with Gasteiger partial charge < -0.3 is 4.74 Å². The molecule has 0 spiro atoms. The topological polar surface area (TPSA) is 12.5 Å². The molecule has 0 N–H and O–H groups in total. The van der Waals surface area contributed by atoms with Crippen molar-refractivity contribution in [1.82, 2.24) is 4.90 Å². The molecule has 2 heteroatoms. The maximum absolute atomic E-state index is 6.00. The van der Waals surface area contributed by atoms with E-state index in [1.807, 2.05) is 0 Å². The summed E-state index contributed by atoms with van der Waals surface area (Å²) in [6, 6.07) is 26.5. The van der Waals surface area contributed by atoms with Crippen LogP contribution < -0.4 is 4.74 Å². The third-order valence-corrected chi connectivity index (χ3v) is 6.45. The van der Waals surface area contributed by atoms with Crippen LogP contribution in [0.5, 0.6) is 5.75 Å². The SMILES string of the molecule is c1ccc2c(c1)-c1ccccc1C2Cc1ccc(OCCN2CCCCC2)cc1. The lowest BCUT2D eigenvalue weighted by molar-refractivity contribution is 0.183. The molecule has 1 aliphatic carbocycles. The highest BCUT2D eigenvalue weighted by Crippen LogP contribution is 2.45. The Kier molecular flexibility index (Phi) is 5.36. The molecule has 0 bridgehead atoms. The Hall–Kier alpha value is -2.58. The van der Waals surface area contributed by atoms with Crippen LogP contribution in [0.15, 0.2) is 72.8 Å². The predicted molar refractivity (Wildman–Crippen MR) is 120 cm³/mol. The van der Waals surface area contributed by atoms with Crippen LogP contribution in [0.25, 0.3) is 11.1 Å². The molecule has 3 aromatic carbocycles. The van der Waals surface area contributed by atoms with Gasteiger partial charge in [-0.2, -0.15) is 0 Å². The summed E-state index contributed by atoms with van der Waals surface area (Å²) in [7, 11) is 0. The van der Waals surface area contributed by atoms with E-state index in [2.05, 4.69) is 77.7 Å². The summed E-state index contributed by atoms with van der Waals surface area (Å²) in [5, 5.41) is 0. The molecule has 0 aromatic heterocycles. The molecule has 1 heterocycles. The average Bonchev–Trinajstić information content (AvgIpc) is 3.10. The van der Waals surface area contributed by atoms with Gasteiger partial charge in [0.2, 0.25) is 0 Å². The van der Waals surface area contributed by atoms with Crippen molar-refractivity contribution in [3.63, 3.8) is 0 Å². The normalized spacial score (nSPS) is 16.4. The summed E-state index contributed by atoms with van der Waals surface area (Å²) < 4.78 is 6.00. The maximum Gasteiger partial charge on any atom is 0.119 e. The second-order valence-electron chi connectivity index (χ2n) is 8.33. The zero-order chi connectivity index (χ0) is 19.5. The summed E-state index contributed by atoms with van der Waals surface area (Å²) in [5.41, 5.74) is 7.06. The fourth-order valence-corrected chi connectivity index (χ4v) is 4.91. The number of likely N-dealkylation sites (tertiary alicyclic amines) is 1. The number of ether oxygens (including phenoxy) is 1. The summed E-state index contributed by atoms with van der Waals surface area (Å²) in [4.78, 5) is 2.52. The first-order valence-electron chi connectivity index (χ1n) is 11.0. The van der Waals surface area contributed by atoms with Gasteiger partial charge in [-0.1, -0.05) is 67.1 Å². The highest BCUT2D eigenvalue weighted by Gasteiger charge is 2.27. The molecule has 0 saturated carbocycles. The van der Waals surface area contributed by atoms with Gasteiger partial charge in [-0.3, -0.25) is 4.90 Å². The maximum atomic E-state index is 6.00. The van der Waals surface area contributed by atoms with E-state index in [-0.39, 0.29) is 0 Å². The molecule has 1 saturated heterocycles. The lowest BCUT2D eigenvalue weighted by Gasteiger charge is -2.26. The molecule has 29 heavy (non-hydrogen) atoms. The van der Waals surface area contributed by atoms with Crippen LogP contribution in [0.1, 0.15) is 41.9 Å². The van der Waals surface area contributed by atoms with Crippen LogP contribution in [0.3, 0.4) is 0 Å². The van der Waals surface area contributed by atoms with Crippen LogP contribution >= 0.6 is 0 Å². The van der Waals surface area contributed by atoms with Gasteiger partial charge in [0, 0.05) is 12.5 Å². The van der Waals surface area contributed by atoms with E-state index < -0.39 is 0 Å². The highest BCUT2D eigenvalue weighted by molar-refractivity contribution is 5.78. The number of fused-ring (bicyclic) bond motifs is 3. The lowest BCUT2D eigenvalue weighted by atomic mass is 9.90. The molecular weight excluding hydrogens is 354 g/mol. The highest BCUT2D eigenvalue weighted by atomic mass is 16.5. The van der Waals surface area contributed by atoms with Crippen molar-refractivity contribution in [3.8, 4) is 16.9 Å². The van der Waals surface area contributed by atoms with Crippen molar-refractivity contribution >= 4 is 0 Å². The van der Waals surface area contributed by atoms with Crippen molar-refractivity contribution in [2.75, 3.05) is 26.2 Å². The molecule has 1 fully saturated rings. The number of hydrogen-bond acceptors (Lipinski definition) is 2. The minimum atomic E-state index is 0.438. The van der Waals surface area contributed by atoms with Gasteiger partial charge in [-0.25, -0.2) is 0 Å². The first-order valence-corrected chi connectivity index (χ1v) is 11.0. The molecule has 0 radical (unpaired) electrons. The zero-order valence-corrected chi connectivity index (χ0v) is 17.0. The number of rotatable bonds is 6. The van der Waals surface area contributed by atoms with Gasteiger partial charge in [-0.05, 0) is 72.3 Å². The molecule has 2 nitrogen and oxygen atoms in total. The fourth-order valence-electron chi connectivity index (χ4n) is 4.91. The molecule has 2 aliphatic rings. The fraction of sp³-hybridized carbons (Fsp3) is 0.333. The molecule has 5 rings (SSSR count). The molecule has 3 aromatic rings. The third-order valence-electron chi connectivity index (χ3n) is 6.45. The van der Waals surface area contributed by atoms with Crippen LogP contribution in [-0.4, -0.2) is 31.1 Å². The van der Waals surface area contributed by atoms with E-state index in [1.165, 1.54) is 60.2 Å². The van der Waals surface area contributed by atoms with Crippen LogP contribution in [0.4, 0.5) is 0 Å². The summed E-state index contributed by atoms with van der Waals surface area (Å²) in [6.07, 6.45) is 5.08. The number of nitrogens with zero attached hydrogens (tertiary/aromatic N) is 1. The van der Waals surface area contributed by atoms with Crippen molar-refractivity contribution < 1.29 is 4.74 Å². The predicted octanol–water partition coefficient (Wildman–Crippen LogP) is 5.91. The standard InChI is InChI=1S/C27H29NO/c1-6-16-28(17-7-1)18-19-29-22-14-12-21(13-15-22)20-27-25-10-4-2-8-23(25)24-9-3-5-11-26(24)27/h2-5,8-15,27H,1,6-7,16-20H2. The summed E-state index contributed by atoms with van der Waals surface area (Å²) >= 11 is 0. The quantitative estimate of drug-likeness (QED) is 0.525. The third kappa shape index (κ3) is 3.95. The Morgan fingerprint density at radius 1 is 0.724 bits per heavy atom. The second kappa shape index (κ2) is 8.42. The molecule has 148 valence electrons. The van der Waals surface area contributed by atoms with Crippen LogP contribution in [-0.2, 0) is 6.42 Å². The van der Waals surface area contributed by atoms with Crippen LogP contribution in [0.2, 0.25) is 0 Å². The Labute approximate surface area is 174 Å². The van der Waals surface area contributed by atoms with E-state index >= 15 is 0 Å². The van der Waals surface area contributed by atoms with E-state index in [0.717, 1.165) is 25.3 Å². The first kappa shape index (κ1) is 18.4. The number of piperidine rings is 1. The van der Waals surface area contributed by atoms with Gasteiger partial charge in [0.1, 0.15) is 12.4 Å². The van der Waals surface area contributed by atoms with Gasteiger partial charge in [0.15, 0.2) is 0 Å². The first-order chi connectivity index (χ1) is 14.4. The van der Waals surface area contributed by atoms with E-state index in [4.69, 9.17) is 4.74 Å². The van der Waals surface area contributed by atoms with Gasteiger partial charge in [0.05, 0.1) is 0 Å². The minimum Gasteiger partial charge on any atom is -0.492 e. The molecule has 1 aliphatic heterocycles. The Balaban J connectivity index is 1.24. The average molecular weight is 384 g/mol. The molecular formula is C27H29NO. The Morgan fingerprint density at radius 3 is 2.00 bits per heavy atom. The van der Waals surface area contributed by atoms with E-state index in [9.17, 15) is 0 Å². The Bertz CT molecular complexity index is 911. The minimum absolute atomic E-state index is 0.438. The zero-order valence-electron chi connectivity index (χ0n) is 17.0. The summed E-state index contributed by atoms with van der Waals surface area (Å²) in [6.45, 7) is 4.28. The monoisotopic (exact) mass is 383 g/mol. The van der Waals surface area contributed by atoms with Crippen LogP contribution in [0, 0.1) is 0 Å². The van der Waals surface area contributed by atoms with E-state index in [0.29, 0.717) is 5.92 Å². The Morgan fingerprint density at radius 2 is 1.34 bits per heavy atom. The van der Waals surface area contributed by atoms with Gasteiger partial charge >= 0.3 is 0 Å². The molecule has 0 atom stereocenters. The largest absolute Gasteiger partial charge is 0.492 e. The van der Waals surface area contributed by atoms with Crippen molar-refractivity contribution in [3.05, 3.63) is 89.5 Å². The van der Waals surface area contributed by atoms with Crippen molar-refractivity contribution in [2.45, 2.75) is 31.6 Å². The van der Waals surface area contributed by atoms with E-state index in [1.54, 1.807) is 0 Å². The number of benzene rings is 3. The smallest absolute Gasteiger partial charge is 0.119 e. The van der Waals surface area contributed by atoms with Gasteiger partial charge in [0.25, 0.3) is 0 Å². The molecule has 0 unspecified atom stereocenters. The van der Waals surface area contributed by atoms with Crippen molar-refractivity contribution in [1.29, 1.82) is 0 Å². The van der Waals surface area contributed by atoms with Crippen molar-refractivity contribution in [2.24, 2.45) is 0 Å². The summed E-state index contributed by atoms with van der Waals surface area (Å²) in [5.74, 6) is 1.42. The second-order valence-corrected chi connectivity index (χ2v) is 8.33. The number of hydrogen-bond donors (Lipinski definition) is 0. The molecule has 0 amide bonds.